The second kappa shape index (κ2) is 6.04. The van der Waals surface area contributed by atoms with Crippen LogP contribution in [0.1, 0.15) is 11.3 Å². The van der Waals surface area contributed by atoms with Crippen molar-refractivity contribution >= 4 is 11.3 Å². The van der Waals surface area contributed by atoms with Gasteiger partial charge in [0.2, 0.25) is 0 Å². The number of aromatic nitrogens is 3. The predicted octanol–water partition coefficient (Wildman–Crippen LogP) is 2.29. The molecule has 22 heavy (non-hydrogen) atoms. The highest BCUT2D eigenvalue weighted by molar-refractivity contribution is 7.08. The number of ether oxygens (including phenoxy) is 1. The van der Waals surface area contributed by atoms with E-state index in [1.54, 1.807) is 23.9 Å². The van der Waals surface area contributed by atoms with Crippen molar-refractivity contribution in [1.29, 1.82) is 0 Å². The van der Waals surface area contributed by atoms with E-state index in [-0.39, 0.29) is 6.10 Å². The molecule has 0 aliphatic carbocycles. The Morgan fingerprint density at radius 2 is 2.41 bits per heavy atom. The molecule has 1 atom stereocenters. The Morgan fingerprint density at radius 3 is 3.23 bits per heavy atom. The average Bonchev–Trinajstić information content (AvgIpc) is 3.28. The molecule has 0 saturated heterocycles. The molecule has 114 valence electrons. The summed E-state index contributed by atoms with van der Waals surface area (Å²) in [5.74, 6) is 0. The zero-order valence-corrected chi connectivity index (χ0v) is 12.8. The molecule has 0 amide bonds. The first-order chi connectivity index (χ1) is 10.9. The van der Waals surface area contributed by atoms with Crippen LogP contribution in [0.5, 0.6) is 0 Å². The van der Waals surface area contributed by atoms with E-state index in [4.69, 9.17) is 9.15 Å². The largest absolute Gasteiger partial charge is 0.472 e. The van der Waals surface area contributed by atoms with Crippen LogP contribution in [0.15, 0.2) is 39.8 Å². The summed E-state index contributed by atoms with van der Waals surface area (Å²) < 4.78 is 12.9. The first-order valence-electron chi connectivity index (χ1n) is 7.18. The van der Waals surface area contributed by atoms with E-state index in [0.717, 1.165) is 42.1 Å². The van der Waals surface area contributed by atoms with Gasteiger partial charge in [-0.15, -0.1) is 5.10 Å². The highest BCUT2D eigenvalue weighted by Crippen LogP contribution is 2.26. The third-order valence-electron chi connectivity index (χ3n) is 3.75. The van der Waals surface area contributed by atoms with Gasteiger partial charge < -0.3 is 14.5 Å². The summed E-state index contributed by atoms with van der Waals surface area (Å²) in [6.45, 7) is 2.83. The van der Waals surface area contributed by atoms with E-state index in [9.17, 15) is 0 Å². The molecule has 0 bridgehead atoms. The number of fused-ring (bicyclic) bond motifs is 1. The summed E-state index contributed by atoms with van der Waals surface area (Å²) in [6.07, 6.45) is 3.54. The number of nitrogens with one attached hydrogen (secondary N) is 1. The fraction of sp³-hybridized carbons (Fsp3) is 0.333. The Balaban J connectivity index is 1.38. The number of hydrogen-bond donors (Lipinski definition) is 1. The molecular formula is C15H16N4O2S. The molecule has 4 rings (SSSR count). The van der Waals surface area contributed by atoms with Crippen LogP contribution in [-0.2, 0) is 24.4 Å². The topological polar surface area (TPSA) is 65.1 Å². The van der Waals surface area contributed by atoms with Crippen molar-refractivity contribution in [2.75, 3.05) is 6.54 Å². The van der Waals surface area contributed by atoms with E-state index in [0.29, 0.717) is 6.61 Å². The van der Waals surface area contributed by atoms with Crippen LogP contribution < -0.4 is 5.32 Å². The van der Waals surface area contributed by atoms with Gasteiger partial charge in [-0.2, -0.15) is 11.3 Å². The minimum atomic E-state index is 0.108. The molecule has 0 spiro atoms. The van der Waals surface area contributed by atoms with Crippen molar-refractivity contribution in [2.24, 2.45) is 0 Å². The molecule has 1 aliphatic rings. The number of hydrogen-bond acceptors (Lipinski definition) is 6. The van der Waals surface area contributed by atoms with Gasteiger partial charge in [0.15, 0.2) is 0 Å². The van der Waals surface area contributed by atoms with Crippen LogP contribution in [0.4, 0.5) is 0 Å². The quantitative estimate of drug-likeness (QED) is 0.782. The number of furan rings is 1. The fourth-order valence-electron chi connectivity index (χ4n) is 2.58. The summed E-state index contributed by atoms with van der Waals surface area (Å²) in [6, 6.07) is 4.02. The van der Waals surface area contributed by atoms with Gasteiger partial charge in [0.1, 0.15) is 5.69 Å². The first kappa shape index (κ1) is 13.7. The van der Waals surface area contributed by atoms with Crippen molar-refractivity contribution in [3.8, 4) is 11.3 Å². The van der Waals surface area contributed by atoms with E-state index < -0.39 is 0 Å². The SMILES string of the molecule is c1cc(CNCC2Cn3nnc(-c4ccsc4)c3CO2)co1. The van der Waals surface area contributed by atoms with Gasteiger partial charge in [0.25, 0.3) is 0 Å². The maximum Gasteiger partial charge on any atom is 0.119 e. The molecule has 1 N–H and O–H groups in total. The Hall–Kier alpha value is -1.96. The maximum absolute atomic E-state index is 5.94. The normalized spacial score (nSPS) is 17.5. The average molecular weight is 316 g/mol. The zero-order chi connectivity index (χ0) is 14.8. The van der Waals surface area contributed by atoms with Crippen LogP contribution >= 0.6 is 11.3 Å². The lowest BCUT2D eigenvalue weighted by atomic mass is 10.2. The first-order valence-corrected chi connectivity index (χ1v) is 8.13. The Labute approximate surface area is 131 Å². The third-order valence-corrected chi connectivity index (χ3v) is 4.43. The Kier molecular flexibility index (Phi) is 3.75. The molecule has 1 unspecified atom stereocenters. The van der Waals surface area contributed by atoms with Crippen molar-refractivity contribution in [1.82, 2.24) is 20.3 Å². The molecule has 0 aromatic carbocycles. The number of nitrogens with zero attached hydrogens (tertiary/aromatic N) is 3. The lowest BCUT2D eigenvalue weighted by Gasteiger charge is -2.24. The van der Waals surface area contributed by atoms with Crippen molar-refractivity contribution in [2.45, 2.75) is 25.8 Å². The standard InChI is InChI=1S/C15H16N4O2S/c1-3-20-8-11(1)5-16-6-13-7-19-14(9-21-13)15(17-18-19)12-2-4-22-10-12/h1-4,8,10,13,16H,5-7,9H2. The maximum atomic E-state index is 5.94. The highest BCUT2D eigenvalue weighted by Gasteiger charge is 2.24. The summed E-state index contributed by atoms with van der Waals surface area (Å²) in [4.78, 5) is 0. The number of rotatable bonds is 5. The third kappa shape index (κ3) is 2.70. The van der Waals surface area contributed by atoms with E-state index in [2.05, 4.69) is 27.1 Å². The summed E-state index contributed by atoms with van der Waals surface area (Å²) in [7, 11) is 0. The fourth-order valence-corrected chi connectivity index (χ4v) is 3.22. The van der Waals surface area contributed by atoms with Gasteiger partial charge in [-0.3, -0.25) is 0 Å². The Morgan fingerprint density at radius 1 is 1.41 bits per heavy atom. The predicted molar refractivity (Wildman–Crippen MR) is 82.3 cm³/mol. The summed E-state index contributed by atoms with van der Waals surface area (Å²) >= 11 is 1.66. The molecule has 3 aromatic heterocycles. The van der Waals surface area contributed by atoms with Gasteiger partial charge in [0.05, 0.1) is 37.5 Å². The summed E-state index contributed by atoms with van der Waals surface area (Å²) in [5, 5.41) is 16.1. The smallest absolute Gasteiger partial charge is 0.119 e. The van der Waals surface area contributed by atoms with Crippen LogP contribution in [0.25, 0.3) is 11.3 Å². The lowest BCUT2D eigenvalue weighted by Crippen LogP contribution is -2.36. The molecule has 0 saturated carbocycles. The van der Waals surface area contributed by atoms with Gasteiger partial charge in [0, 0.05) is 29.6 Å². The molecular weight excluding hydrogens is 300 g/mol. The highest BCUT2D eigenvalue weighted by atomic mass is 32.1. The molecule has 3 aromatic rings. The molecule has 0 radical (unpaired) electrons. The van der Waals surface area contributed by atoms with Crippen molar-refractivity contribution < 1.29 is 9.15 Å². The van der Waals surface area contributed by atoms with Crippen LogP contribution in [0.3, 0.4) is 0 Å². The van der Waals surface area contributed by atoms with E-state index in [1.807, 2.05) is 16.1 Å². The molecule has 4 heterocycles. The van der Waals surface area contributed by atoms with E-state index in [1.165, 1.54) is 0 Å². The van der Waals surface area contributed by atoms with Crippen LogP contribution in [-0.4, -0.2) is 27.6 Å². The minimum Gasteiger partial charge on any atom is -0.472 e. The van der Waals surface area contributed by atoms with Crippen molar-refractivity contribution in [3.05, 3.63) is 46.7 Å². The summed E-state index contributed by atoms with van der Waals surface area (Å²) in [5.41, 5.74) is 4.25. The van der Waals surface area contributed by atoms with Crippen molar-refractivity contribution in [3.63, 3.8) is 0 Å². The Bertz CT molecular complexity index is 721. The second-order valence-electron chi connectivity index (χ2n) is 5.27. The monoisotopic (exact) mass is 316 g/mol. The van der Waals surface area contributed by atoms with Gasteiger partial charge >= 0.3 is 0 Å². The second-order valence-corrected chi connectivity index (χ2v) is 6.05. The lowest BCUT2D eigenvalue weighted by molar-refractivity contribution is 0.00125. The van der Waals surface area contributed by atoms with Gasteiger partial charge in [-0.1, -0.05) is 5.21 Å². The molecule has 6 nitrogen and oxygen atoms in total. The van der Waals surface area contributed by atoms with Gasteiger partial charge in [-0.05, 0) is 17.5 Å². The number of thiophene rings is 1. The molecule has 7 heteroatoms. The van der Waals surface area contributed by atoms with E-state index >= 15 is 0 Å². The van der Waals surface area contributed by atoms with Crippen LogP contribution in [0.2, 0.25) is 0 Å². The molecule has 0 fully saturated rings. The molecule has 1 aliphatic heterocycles. The van der Waals surface area contributed by atoms with Gasteiger partial charge in [-0.25, -0.2) is 4.68 Å². The van der Waals surface area contributed by atoms with Crippen LogP contribution in [0, 0.1) is 0 Å². The minimum absolute atomic E-state index is 0.108. The zero-order valence-electron chi connectivity index (χ0n) is 11.9.